The third kappa shape index (κ3) is 4.64. The molecule has 0 atom stereocenters. The molecule has 0 radical (unpaired) electrons. The van der Waals surface area contributed by atoms with Gasteiger partial charge in [-0.1, -0.05) is 12.1 Å². The Morgan fingerprint density at radius 2 is 1.84 bits per heavy atom. The summed E-state index contributed by atoms with van der Waals surface area (Å²) >= 11 is 1.49. The van der Waals surface area contributed by atoms with E-state index in [0.717, 1.165) is 11.0 Å². The SMILES string of the molecule is c1ccc2[nH]cnc2c1.c1nc[nH]n1.c1nncs1. The van der Waals surface area contributed by atoms with Crippen LogP contribution in [0.4, 0.5) is 0 Å². The monoisotopic (exact) mass is 273 g/mol. The molecule has 0 bridgehead atoms. The molecule has 0 saturated carbocycles. The van der Waals surface area contributed by atoms with Crippen LogP contribution in [-0.2, 0) is 0 Å². The Morgan fingerprint density at radius 1 is 1.00 bits per heavy atom. The maximum atomic E-state index is 4.06. The Kier molecular flexibility index (Phi) is 5.18. The van der Waals surface area contributed by atoms with E-state index in [2.05, 4.69) is 35.3 Å². The van der Waals surface area contributed by atoms with Gasteiger partial charge in [0.1, 0.15) is 23.7 Å². The number of nitrogens with zero attached hydrogens (tertiary/aromatic N) is 5. The third-order valence-corrected chi connectivity index (χ3v) is 2.37. The number of imidazole rings is 1. The van der Waals surface area contributed by atoms with E-state index < -0.39 is 0 Å². The summed E-state index contributed by atoms with van der Waals surface area (Å²) in [5.41, 5.74) is 5.48. The Hall–Kier alpha value is -2.61. The van der Waals surface area contributed by atoms with Gasteiger partial charge in [0.05, 0.1) is 17.4 Å². The summed E-state index contributed by atoms with van der Waals surface area (Å²) in [5.74, 6) is 0. The second-order valence-electron chi connectivity index (χ2n) is 3.15. The van der Waals surface area contributed by atoms with E-state index in [1.807, 2.05) is 24.3 Å². The van der Waals surface area contributed by atoms with Gasteiger partial charge in [0, 0.05) is 0 Å². The average molecular weight is 273 g/mol. The van der Waals surface area contributed by atoms with E-state index in [1.54, 1.807) is 17.3 Å². The predicted molar refractivity (Wildman–Crippen MR) is 72.4 cm³/mol. The van der Waals surface area contributed by atoms with Crippen molar-refractivity contribution in [3.63, 3.8) is 0 Å². The van der Waals surface area contributed by atoms with Gasteiger partial charge in [0.15, 0.2) is 0 Å². The fourth-order valence-electron chi connectivity index (χ4n) is 1.18. The Labute approximate surface area is 112 Å². The molecule has 0 aliphatic heterocycles. The van der Waals surface area contributed by atoms with Gasteiger partial charge in [-0.05, 0) is 12.1 Å². The number of fused-ring (bicyclic) bond motifs is 1. The normalized spacial score (nSPS) is 9.05. The van der Waals surface area contributed by atoms with Crippen LogP contribution in [0.2, 0.25) is 0 Å². The second-order valence-corrected chi connectivity index (χ2v) is 3.84. The molecule has 3 aromatic heterocycles. The van der Waals surface area contributed by atoms with Gasteiger partial charge in [-0.25, -0.2) is 9.97 Å². The van der Waals surface area contributed by atoms with Crippen LogP contribution in [0, 0.1) is 0 Å². The predicted octanol–water partition coefficient (Wildman–Crippen LogP) is 1.91. The summed E-state index contributed by atoms with van der Waals surface area (Å²) in [6.45, 7) is 0. The maximum Gasteiger partial charge on any atom is 0.137 e. The zero-order valence-electron chi connectivity index (χ0n) is 9.84. The standard InChI is InChI=1S/C7H6N2.C2H3N3.C2H2N2S/c1-2-4-7-6(3-1)8-5-9-7;1-3-2-5-4-1;1-3-4-2-5-1/h1-5H,(H,8,9);1-2H,(H,3,4,5);1-2H. The van der Waals surface area contributed by atoms with E-state index in [-0.39, 0.29) is 0 Å². The van der Waals surface area contributed by atoms with Crippen LogP contribution >= 0.6 is 11.3 Å². The lowest BCUT2D eigenvalue weighted by Crippen LogP contribution is -1.63. The van der Waals surface area contributed by atoms with Crippen molar-refractivity contribution in [3.05, 3.63) is 54.3 Å². The molecule has 0 fully saturated rings. The number of hydrogen-bond acceptors (Lipinski definition) is 6. The highest BCUT2D eigenvalue weighted by atomic mass is 32.1. The minimum atomic E-state index is 1.03. The summed E-state index contributed by atoms with van der Waals surface area (Å²) < 4.78 is 0. The molecule has 4 aromatic rings. The van der Waals surface area contributed by atoms with Crippen LogP contribution < -0.4 is 0 Å². The number of nitrogens with one attached hydrogen (secondary N) is 2. The van der Waals surface area contributed by atoms with Crippen molar-refractivity contribution >= 4 is 22.4 Å². The number of aromatic amines is 2. The van der Waals surface area contributed by atoms with Gasteiger partial charge < -0.3 is 4.98 Å². The van der Waals surface area contributed by atoms with Crippen molar-refractivity contribution in [2.45, 2.75) is 0 Å². The molecular formula is C11H11N7S. The minimum absolute atomic E-state index is 1.03. The van der Waals surface area contributed by atoms with E-state index in [9.17, 15) is 0 Å². The molecule has 19 heavy (non-hydrogen) atoms. The number of rotatable bonds is 0. The number of aromatic nitrogens is 7. The molecule has 0 amide bonds. The molecule has 8 heteroatoms. The third-order valence-electron chi connectivity index (χ3n) is 1.94. The van der Waals surface area contributed by atoms with Crippen LogP contribution in [0.25, 0.3) is 11.0 Å². The molecule has 0 saturated heterocycles. The summed E-state index contributed by atoms with van der Waals surface area (Å²) in [4.78, 5) is 10.6. The molecule has 4 rings (SSSR count). The number of H-pyrrole nitrogens is 2. The molecule has 3 heterocycles. The summed E-state index contributed by atoms with van der Waals surface area (Å²) in [6.07, 6.45) is 4.66. The fourth-order valence-corrected chi connectivity index (χ4v) is 1.45. The van der Waals surface area contributed by atoms with Gasteiger partial charge in [0.25, 0.3) is 0 Å². The second kappa shape index (κ2) is 7.67. The summed E-state index contributed by atoms with van der Waals surface area (Å²) in [5, 5.41) is 13.0. The van der Waals surface area contributed by atoms with Crippen LogP contribution in [-0.4, -0.2) is 35.3 Å². The zero-order chi connectivity index (χ0) is 13.2. The van der Waals surface area contributed by atoms with Crippen molar-refractivity contribution in [1.82, 2.24) is 35.3 Å². The number of para-hydroxylation sites is 2. The van der Waals surface area contributed by atoms with Crippen LogP contribution in [0.3, 0.4) is 0 Å². The minimum Gasteiger partial charge on any atom is -0.345 e. The van der Waals surface area contributed by atoms with Crippen LogP contribution in [0.1, 0.15) is 0 Å². The Balaban J connectivity index is 0.000000114. The lowest BCUT2D eigenvalue weighted by molar-refractivity contribution is 1.09. The van der Waals surface area contributed by atoms with E-state index >= 15 is 0 Å². The molecule has 0 unspecified atom stereocenters. The van der Waals surface area contributed by atoms with E-state index in [0.29, 0.717) is 0 Å². The first-order valence-electron chi connectivity index (χ1n) is 5.32. The van der Waals surface area contributed by atoms with Crippen molar-refractivity contribution in [2.75, 3.05) is 0 Å². The Bertz CT molecular complexity index is 554. The largest absolute Gasteiger partial charge is 0.345 e. The van der Waals surface area contributed by atoms with Crippen molar-refractivity contribution in [2.24, 2.45) is 0 Å². The van der Waals surface area contributed by atoms with E-state index in [1.165, 1.54) is 24.0 Å². The van der Waals surface area contributed by atoms with Gasteiger partial charge in [-0.3, -0.25) is 5.10 Å². The summed E-state index contributed by atoms with van der Waals surface area (Å²) in [7, 11) is 0. The van der Waals surface area contributed by atoms with Gasteiger partial charge in [-0.15, -0.1) is 21.5 Å². The molecule has 0 spiro atoms. The first kappa shape index (κ1) is 12.8. The van der Waals surface area contributed by atoms with Gasteiger partial charge in [-0.2, -0.15) is 5.10 Å². The molecular weight excluding hydrogens is 262 g/mol. The highest BCUT2D eigenvalue weighted by molar-refractivity contribution is 7.07. The number of hydrogen-bond donors (Lipinski definition) is 2. The Morgan fingerprint density at radius 3 is 2.37 bits per heavy atom. The maximum absolute atomic E-state index is 4.06. The fraction of sp³-hybridized carbons (Fsp3) is 0. The molecule has 0 aliphatic carbocycles. The lowest BCUT2D eigenvalue weighted by Gasteiger charge is -1.81. The molecule has 0 aliphatic rings. The molecule has 7 nitrogen and oxygen atoms in total. The first-order chi connectivity index (χ1) is 9.47. The topological polar surface area (TPSA) is 96.0 Å². The zero-order valence-corrected chi connectivity index (χ0v) is 10.7. The highest BCUT2D eigenvalue weighted by Gasteiger charge is 1.88. The quantitative estimate of drug-likeness (QED) is 0.510. The lowest BCUT2D eigenvalue weighted by atomic mass is 10.3. The molecule has 2 N–H and O–H groups in total. The van der Waals surface area contributed by atoms with Crippen LogP contribution in [0.5, 0.6) is 0 Å². The van der Waals surface area contributed by atoms with Crippen molar-refractivity contribution in [1.29, 1.82) is 0 Å². The van der Waals surface area contributed by atoms with Crippen molar-refractivity contribution in [3.8, 4) is 0 Å². The van der Waals surface area contributed by atoms with Crippen molar-refractivity contribution < 1.29 is 0 Å². The van der Waals surface area contributed by atoms with Gasteiger partial charge in [0.2, 0.25) is 0 Å². The summed E-state index contributed by atoms with van der Waals surface area (Å²) in [6, 6.07) is 7.94. The molecule has 96 valence electrons. The average Bonchev–Trinajstić information content (AvgIpc) is 3.22. The number of benzene rings is 1. The smallest absolute Gasteiger partial charge is 0.137 e. The highest BCUT2D eigenvalue weighted by Crippen LogP contribution is 2.05. The van der Waals surface area contributed by atoms with Crippen LogP contribution in [0.15, 0.2) is 54.3 Å². The van der Waals surface area contributed by atoms with Gasteiger partial charge >= 0.3 is 0 Å². The first-order valence-corrected chi connectivity index (χ1v) is 6.27. The van der Waals surface area contributed by atoms with E-state index in [4.69, 9.17) is 0 Å². The molecule has 1 aromatic carbocycles.